The third-order valence-corrected chi connectivity index (χ3v) is 6.53. The molecule has 2 heterocycles. The quantitative estimate of drug-likeness (QED) is 0.790. The van der Waals surface area contributed by atoms with E-state index in [1.165, 1.54) is 5.56 Å². The summed E-state index contributed by atoms with van der Waals surface area (Å²) >= 11 is 0. The molecule has 4 rings (SSSR count). The van der Waals surface area contributed by atoms with Crippen molar-refractivity contribution in [2.24, 2.45) is 5.92 Å². The van der Waals surface area contributed by atoms with Gasteiger partial charge >= 0.3 is 0 Å². The van der Waals surface area contributed by atoms with Crippen LogP contribution in [0.5, 0.6) is 0 Å². The average molecular weight is 396 g/mol. The van der Waals surface area contributed by atoms with Gasteiger partial charge in [-0.25, -0.2) is 0 Å². The van der Waals surface area contributed by atoms with E-state index in [2.05, 4.69) is 50.8 Å². The minimum atomic E-state index is 0.154. The fourth-order valence-electron chi connectivity index (χ4n) is 4.82. The minimum absolute atomic E-state index is 0.154. The maximum absolute atomic E-state index is 12.7. The molecule has 3 atom stereocenters. The Kier molecular flexibility index (Phi) is 6.24. The fourth-order valence-corrected chi connectivity index (χ4v) is 4.82. The first-order chi connectivity index (χ1) is 14.1. The molecule has 2 aliphatic heterocycles. The van der Waals surface area contributed by atoms with Crippen LogP contribution in [0.1, 0.15) is 42.7 Å². The van der Waals surface area contributed by atoms with Gasteiger partial charge in [0, 0.05) is 42.6 Å². The summed E-state index contributed by atoms with van der Waals surface area (Å²) in [6.45, 7) is 3.62. The van der Waals surface area contributed by atoms with Crippen molar-refractivity contribution in [1.29, 1.82) is 0 Å². The predicted octanol–water partition coefficient (Wildman–Crippen LogP) is 1.76. The number of aliphatic hydroxyl groups is 1. The van der Waals surface area contributed by atoms with Crippen molar-refractivity contribution in [1.82, 2.24) is 14.7 Å². The molecular formula is C24H33N3O2. The molecule has 156 valence electrons. The van der Waals surface area contributed by atoms with Gasteiger partial charge in [-0.05, 0) is 64.0 Å². The zero-order chi connectivity index (χ0) is 20.4. The number of rotatable bonds is 4. The highest BCUT2D eigenvalue weighted by Gasteiger charge is 2.50. The smallest absolute Gasteiger partial charge is 0.225 e. The van der Waals surface area contributed by atoms with Gasteiger partial charge in [0.25, 0.3) is 0 Å². The molecule has 0 aromatic heterocycles. The lowest BCUT2D eigenvalue weighted by Crippen LogP contribution is -2.68. The fraction of sp³-hybridized carbons (Fsp3) is 0.625. The summed E-state index contributed by atoms with van der Waals surface area (Å²) in [7, 11) is 4.03. The molecule has 0 spiro atoms. The molecule has 1 saturated carbocycles. The van der Waals surface area contributed by atoms with Gasteiger partial charge in [-0.3, -0.25) is 14.6 Å². The first kappa shape index (κ1) is 20.4. The molecule has 2 saturated heterocycles. The summed E-state index contributed by atoms with van der Waals surface area (Å²) in [6.07, 6.45) is 4.27. The van der Waals surface area contributed by atoms with Gasteiger partial charge in [-0.1, -0.05) is 24.0 Å². The molecule has 5 nitrogen and oxygen atoms in total. The Hall–Kier alpha value is -1.87. The van der Waals surface area contributed by atoms with Crippen molar-refractivity contribution in [3.63, 3.8) is 0 Å². The Bertz CT molecular complexity index is 776. The van der Waals surface area contributed by atoms with Crippen LogP contribution in [0.4, 0.5) is 0 Å². The number of fused-ring (bicyclic) bond motifs is 1. The number of benzene rings is 1. The predicted molar refractivity (Wildman–Crippen MR) is 115 cm³/mol. The van der Waals surface area contributed by atoms with Crippen molar-refractivity contribution in [2.45, 2.75) is 43.7 Å². The molecule has 5 heteroatoms. The van der Waals surface area contributed by atoms with E-state index in [9.17, 15) is 9.90 Å². The van der Waals surface area contributed by atoms with E-state index in [0.717, 1.165) is 57.4 Å². The molecule has 1 aliphatic carbocycles. The second-order valence-corrected chi connectivity index (χ2v) is 9.01. The molecule has 0 radical (unpaired) electrons. The van der Waals surface area contributed by atoms with Gasteiger partial charge in [0.05, 0.1) is 13.2 Å². The molecule has 1 amide bonds. The van der Waals surface area contributed by atoms with Crippen LogP contribution in [0.25, 0.3) is 0 Å². The first-order valence-electron chi connectivity index (χ1n) is 11.0. The van der Waals surface area contributed by atoms with Gasteiger partial charge < -0.3 is 10.0 Å². The van der Waals surface area contributed by atoms with Gasteiger partial charge in [-0.2, -0.15) is 0 Å². The average Bonchev–Trinajstić information content (AvgIpc) is 3.52. The third-order valence-electron chi connectivity index (χ3n) is 6.53. The number of hydrogen-bond donors (Lipinski definition) is 1. The normalized spacial score (nSPS) is 27.3. The molecule has 3 fully saturated rings. The zero-order valence-electron chi connectivity index (χ0n) is 17.7. The van der Waals surface area contributed by atoms with E-state index in [4.69, 9.17) is 0 Å². The summed E-state index contributed by atoms with van der Waals surface area (Å²) in [4.78, 5) is 19.3. The Morgan fingerprint density at radius 2 is 1.90 bits per heavy atom. The van der Waals surface area contributed by atoms with E-state index < -0.39 is 0 Å². The van der Waals surface area contributed by atoms with Crippen LogP contribution >= 0.6 is 0 Å². The largest absolute Gasteiger partial charge is 0.395 e. The summed E-state index contributed by atoms with van der Waals surface area (Å²) in [5.41, 5.74) is 2.28. The summed E-state index contributed by atoms with van der Waals surface area (Å²) in [6, 6.07) is 8.96. The standard InChI is InChI=1S/C24H33N3O2/c1-25(2)13-5-6-18-7-9-19(10-8-18)23-21-16-26(24(29)20-11-12-20)14-3-4-15-27(21)22(23)17-28/h7-10,20-23,28H,3-4,11-17H2,1-2H3/t21-,22+,23+/m0/s1. The molecular weight excluding hydrogens is 362 g/mol. The number of carbonyl (C=O) groups excluding carboxylic acids is 1. The SMILES string of the molecule is CN(C)CC#Cc1ccc([C@H]2[C@@H](CO)N3CCCCN(C(=O)C4CC4)C[C@@H]23)cc1. The third kappa shape index (κ3) is 4.50. The highest BCUT2D eigenvalue weighted by Crippen LogP contribution is 2.42. The van der Waals surface area contributed by atoms with Crippen molar-refractivity contribution < 1.29 is 9.90 Å². The lowest BCUT2D eigenvalue weighted by molar-refractivity contribution is -0.137. The maximum atomic E-state index is 12.7. The molecule has 0 unspecified atom stereocenters. The van der Waals surface area contributed by atoms with E-state index in [1.54, 1.807) is 0 Å². The lowest BCUT2D eigenvalue weighted by Gasteiger charge is -2.57. The molecule has 1 N–H and O–H groups in total. The minimum Gasteiger partial charge on any atom is -0.395 e. The van der Waals surface area contributed by atoms with Crippen LogP contribution in [0.3, 0.4) is 0 Å². The van der Waals surface area contributed by atoms with Crippen LogP contribution < -0.4 is 0 Å². The zero-order valence-corrected chi connectivity index (χ0v) is 17.7. The van der Waals surface area contributed by atoms with Crippen molar-refractivity contribution >= 4 is 5.91 Å². The van der Waals surface area contributed by atoms with Crippen LogP contribution in [-0.4, -0.2) is 84.7 Å². The summed E-state index contributed by atoms with van der Waals surface area (Å²) in [5.74, 6) is 7.29. The number of aliphatic hydroxyl groups excluding tert-OH is 1. The van der Waals surface area contributed by atoms with E-state index in [1.807, 2.05) is 14.1 Å². The monoisotopic (exact) mass is 395 g/mol. The first-order valence-corrected chi connectivity index (χ1v) is 11.0. The molecule has 0 bridgehead atoms. The molecule has 1 aromatic rings. The van der Waals surface area contributed by atoms with E-state index in [-0.39, 0.29) is 24.5 Å². The van der Waals surface area contributed by atoms with Crippen LogP contribution in [-0.2, 0) is 4.79 Å². The van der Waals surface area contributed by atoms with Gasteiger partial charge in [0.15, 0.2) is 0 Å². The van der Waals surface area contributed by atoms with Gasteiger partial charge in [0.2, 0.25) is 5.91 Å². The number of carbonyl (C=O) groups is 1. The summed E-state index contributed by atoms with van der Waals surface area (Å²) in [5, 5.41) is 10.1. The Morgan fingerprint density at radius 3 is 2.55 bits per heavy atom. The van der Waals surface area contributed by atoms with Crippen molar-refractivity contribution in [3.8, 4) is 11.8 Å². The maximum Gasteiger partial charge on any atom is 0.225 e. The van der Waals surface area contributed by atoms with Gasteiger partial charge in [0.1, 0.15) is 0 Å². The highest BCUT2D eigenvalue weighted by molar-refractivity contribution is 5.81. The number of amides is 1. The van der Waals surface area contributed by atoms with Crippen LogP contribution in [0.2, 0.25) is 0 Å². The molecule has 1 aromatic carbocycles. The second kappa shape index (κ2) is 8.87. The second-order valence-electron chi connectivity index (χ2n) is 9.01. The Labute approximate surface area is 174 Å². The summed E-state index contributed by atoms with van der Waals surface area (Å²) < 4.78 is 0. The Balaban J connectivity index is 1.50. The number of hydrogen-bond acceptors (Lipinski definition) is 4. The van der Waals surface area contributed by atoms with Crippen LogP contribution in [0.15, 0.2) is 24.3 Å². The number of nitrogens with zero attached hydrogens (tertiary/aromatic N) is 3. The van der Waals surface area contributed by atoms with Crippen molar-refractivity contribution in [3.05, 3.63) is 35.4 Å². The lowest BCUT2D eigenvalue weighted by atomic mass is 9.74. The highest BCUT2D eigenvalue weighted by atomic mass is 16.3. The van der Waals surface area contributed by atoms with Crippen LogP contribution in [0, 0.1) is 17.8 Å². The van der Waals surface area contributed by atoms with Crippen molar-refractivity contribution in [2.75, 3.05) is 46.9 Å². The topological polar surface area (TPSA) is 47.0 Å². The van der Waals surface area contributed by atoms with Gasteiger partial charge in [-0.15, -0.1) is 0 Å². The van der Waals surface area contributed by atoms with E-state index in [0.29, 0.717) is 11.9 Å². The molecule has 29 heavy (non-hydrogen) atoms. The molecule has 3 aliphatic rings. The van der Waals surface area contributed by atoms with E-state index >= 15 is 0 Å². The Morgan fingerprint density at radius 1 is 1.17 bits per heavy atom.